The molecule has 0 fully saturated rings. The minimum Gasteiger partial charge on any atom is -0.338 e. The number of hydrogen-bond donors (Lipinski definition) is 1. The lowest BCUT2D eigenvalue weighted by Gasteiger charge is -2.12. The number of halogens is 1. The molecule has 1 aromatic carbocycles. The van der Waals surface area contributed by atoms with Crippen LogP contribution in [0.1, 0.15) is 11.1 Å². The van der Waals surface area contributed by atoms with Crippen LogP contribution < -0.4 is 5.32 Å². The maximum atomic E-state index is 5.97. The zero-order valence-electron chi connectivity index (χ0n) is 11.2. The van der Waals surface area contributed by atoms with Crippen molar-refractivity contribution in [3.8, 4) is 0 Å². The molecule has 0 atom stereocenters. The number of fused-ring (bicyclic) bond motifs is 1. The van der Waals surface area contributed by atoms with Gasteiger partial charge in [0.25, 0.3) is 0 Å². The second-order valence-electron chi connectivity index (χ2n) is 4.62. The molecule has 0 unspecified atom stereocenters. The number of rotatable bonds is 2. The Bertz CT molecular complexity index is 781. The van der Waals surface area contributed by atoms with E-state index in [1.807, 2.05) is 44.3 Å². The Hall–Kier alpha value is -2.20. The highest BCUT2D eigenvalue weighted by Crippen LogP contribution is 2.28. The molecule has 0 aliphatic rings. The van der Waals surface area contributed by atoms with E-state index >= 15 is 0 Å². The highest BCUT2D eigenvalue weighted by atomic mass is 35.5. The van der Waals surface area contributed by atoms with Crippen molar-refractivity contribution >= 4 is 33.9 Å². The summed E-state index contributed by atoms with van der Waals surface area (Å²) in [6.07, 6.45) is 3.62. The van der Waals surface area contributed by atoms with Crippen LogP contribution in [0, 0.1) is 13.8 Å². The molecule has 1 N–H and O–H groups in total. The first kappa shape index (κ1) is 12.8. The molecule has 2 aromatic heterocycles. The fourth-order valence-corrected chi connectivity index (χ4v) is 2.22. The first-order valence-corrected chi connectivity index (χ1v) is 6.64. The molecule has 2 heterocycles. The lowest BCUT2D eigenvalue weighted by molar-refractivity contribution is 1.00. The van der Waals surface area contributed by atoms with Crippen LogP contribution in [0.2, 0.25) is 5.15 Å². The van der Waals surface area contributed by atoms with Crippen molar-refractivity contribution in [2.24, 2.45) is 0 Å². The highest BCUT2D eigenvalue weighted by Gasteiger charge is 2.09. The number of nitrogens with one attached hydrogen (secondary N) is 1. The predicted octanol–water partition coefficient (Wildman–Crippen LogP) is 4.04. The summed E-state index contributed by atoms with van der Waals surface area (Å²) in [6.45, 7) is 3.91. The molecule has 3 rings (SSSR count). The van der Waals surface area contributed by atoms with E-state index in [4.69, 9.17) is 11.6 Å². The quantitative estimate of drug-likeness (QED) is 0.771. The Morgan fingerprint density at radius 2 is 1.90 bits per heavy atom. The fourth-order valence-electron chi connectivity index (χ4n) is 2.04. The second kappa shape index (κ2) is 5.06. The summed E-state index contributed by atoms with van der Waals surface area (Å²) in [5, 5.41) is 14.0. The van der Waals surface area contributed by atoms with Crippen molar-refractivity contribution < 1.29 is 0 Å². The fraction of sp³-hybridized carbons (Fsp3) is 0.133. The van der Waals surface area contributed by atoms with Gasteiger partial charge in [-0.3, -0.25) is 4.98 Å². The molecular weight excluding hydrogens is 272 g/mol. The molecular formula is C15H13ClN4. The summed E-state index contributed by atoms with van der Waals surface area (Å²) < 4.78 is 0. The van der Waals surface area contributed by atoms with Crippen LogP contribution in [0.25, 0.3) is 10.8 Å². The Kier molecular flexibility index (Phi) is 3.24. The number of pyridine rings is 1. The van der Waals surface area contributed by atoms with Gasteiger partial charge >= 0.3 is 0 Å². The third-order valence-corrected chi connectivity index (χ3v) is 3.76. The molecule has 0 saturated carbocycles. The molecule has 3 aromatic rings. The average Bonchev–Trinajstić information content (AvgIpc) is 2.48. The van der Waals surface area contributed by atoms with Crippen molar-refractivity contribution in [3.63, 3.8) is 0 Å². The monoisotopic (exact) mass is 284 g/mol. The summed E-state index contributed by atoms with van der Waals surface area (Å²) >= 11 is 5.97. The van der Waals surface area contributed by atoms with Crippen molar-refractivity contribution in [2.75, 3.05) is 5.32 Å². The molecule has 0 amide bonds. The predicted molar refractivity (Wildman–Crippen MR) is 81.5 cm³/mol. The molecule has 0 bridgehead atoms. The summed E-state index contributed by atoms with van der Waals surface area (Å²) in [7, 11) is 0. The summed E-state index contributed by atoms with van der Waals surface area (Å²) in [5.74, 6) is 0.711. The topological polar surface area (TPSA) is 50.7 Å². The van der Waals surface area contributed by atoms with Gasteiger partial charge in [-0.05, 0) is 42.5 Å². The van der Waals surface area contributed by atoms with E-state index in [0.717, 1.165) is 27.6 Å². The van der Waals surface area contributed by atoms with E-state index in [9.17, 15) is 0 Å². The van der Waals surface area contributed by atoms with Gasteiger partial charge in [0.15, 0.2) is 11.0 Å². The highest BCUT2D eigenvalue weighted by molar-refractivity contribution is 6.30. The summed E-state index contributed by atoms with van der Waals surface area (Å²) in [6, 6.07) is 8.02. The largest absolute Gasteiger partial charge is 0.338 e. The van der Waals surface area contributed by atoms with E-state index in [0.29, 0.717) is 11.0 Å². The van der Waals surface area contributed by atoms with Crippen molar-refractivity contribution in [2.45, 2.75) is 13.8 Å². The lowest BCUT2D eigenvalue weighted by atomic mass is 10.1. The lowest BCUT2D eigenvalue weighted by Crippen LogP contribution is -2.01. The summed E-state index contributed by atoms with van der Waals surface area (Å²) in [4.78, 5) is 4.17. The maximum Gasteiger partial charge on any atom is 0.156 e. The molecule has 20 heavy (non-hydrogen) atoms. The Morgan fingerprint density at radius 3 is 2.75 bits per heavy atom. The summed E-state index contributed by atoms with van der Waals surface area (Å²) in [5.41, 5.74) is 2.88. The third-order valence-electron chi connectivity index (χ3n) is 3.40. The van der Waals surface area contributed by atoms with Gasteiger partial charge in [-0.1, -0.05) is 23.7 Å². The smallest absolute Gasteiger partial charge is 0.156 e. The van der Waals surface area contributed by atoms with Crippen LogP contribution >= 0.6 is 11.6 Å². The molecule has 0 saturated heterocycles. The number of nitrogens with zero attached hydrogens (tertiary/aromatic N) is 3. The molecule has 0 radical (unpaired) electrons. The standard InChI is InChI=1S/C15H13ClN4/c1-9-10(2)15(20-19-14(9)16)18-13-5-3-4-11-6-7-17-8-12(11)13/h3-8H,1-2H3,(H,18,20). The van der Waals surface area contributed by atoms with Gasteiger partial charge in [-0.25, -0.2) is 0 Å². The van der Waals surface area contributed by atoms with Crippen molar-refractivity contribution in [3.05, 3.63) is 52.9 Å². The van der Waals surface area contributed by atoms with E-state index in [1.54, 1.807) is 6.20 Å². The van der Waals surface area contributed by atoms with E-state index in [1.165, 1.54) is 0 Å². The van der Waals surface area contributed by atoms with Gasteiger partial charge < -0.3 is 5.32 Å². The first-order valence-electron chi connectivity index (χ1n) is 6.26. The Balaban J connectivity index is 2.08. The van der Waals surface area contributed by atoms with Gasteiger partial charge in [-0.15, -0.1) is 10.2 Å². The Morgan fingerprint density at radius 1 is 1.05 bits per heavy atom. The average molecular weight is 285 g/mol. The molecule has 0 aliphatic carbocycles. The van der Waals surface area contributed by atoms with Crippen LogP contribution in [0.15, 0.2) is 36.7 Å². The molecule has 0 spiro atoms. The van der Waals surface area contributed by atoms with E-state index in [2.05, 4.69) is 20.5 Å². The number of hydrogen-bond acceptors (Lipinski definition) is 4. The zero-order valence-corrected chi connectivity index (χ0v) is 11.9. The van der Waals surface area contributed by atoms with Gasteiger partial charge in [0.2, 0.25) is 0 Å². The molecule has 5 heteroatoms. The second-order valence-corrected chi connectivity index (χ2v) is 4.97. The van der Waals surface area contributed by atoms with Crippen molar-refractivity contribution in [1.29, 1.82) is 0 Å². The number of aromatic nitrogens is 3. The van der Waals surface area contributed by atoms with Crippen molar-refractivity contribution in [1.82, 2.24) is 15.2 Å². The zero-order chi connectivity index (χ0) is 14.1. The van der Waals surface area contributed by atoms with Gasteiger partial charge in [-0.2, -0.15) is 0 Å². The SMILES string of the molecule is Cc1c(Cl)nnc(Nc2cccc3ccncc23)c1C. The molecule has 0 aliphatic heterocycles. The van der Waals surface area contributed by atoms with E-state index < -0.39 is 0 Å². The van der Waals surface area contributed by atoms with Crippen LogP contribution in [-0.2, 0) is 0 Å². The number of anilines is 2. The maximum absolute atomic E-state index is 5.97. The normalized spacial score (nSPS) is 10.8. The van der Waals surface area contributed by atoms with Gasteiger partial charge in [0, 0.05) is 23.5 Å². The molecule has 100 valence electrons. The minimum absolute atomic E-state index is 0.438. The molecule has 4 nitrogen and oxygen atoms in total. The number of benzene rings is 1. The van der Waals surface area contributed by atoms with Crippen LogP contribution in [-0.4, -0.2) is 15.2 Å². The Labute approximate surface area is 121 Å². The van der Waals surface area contributed by atoms with Gasteiger partial charge in [0.05, 0.1) is 0 Å². The third kappa shape index (κ3) is 2.18. The van der Waals surface area contributed by atoms with E-state index in [-0.39, 0.29) is 0 Å². The van der Waals surface area contributed by atoms with Crippen LogP contribution in [0.5, 0.6) is 0 Å². The van der Waals surface area contributed by atoms with Crippen LogP contribution in [0.4, 0.5) is 11.5 Å². The first-order chi connectivity index (χ1) is 9.66. The van der Waals surface area contributed by atoms with Crippen LogP contribution in [0.3, 0.4) is 0 Å². The van der Waals surface area contributed by atoms with Gasteiger partial charge in [0.1, 0.15) is 0 Å². The minimum atomic E-state index is 0.438.